The van der Waals surface area contributed by atoms with E-state index in [1.165, 1.54) is 0 Å². The number of fused-ring (bicyclic) bond motifs is 1. The fourth-order valence-corrected chi connectivity index (χ4v) is 1.29. The highest BCUT2D eigenvalue weighted by atomic mass is 16.5. The van der Waals surface area contributed by atoms with Crippen LogP contribution in [0.25, 0.3) is 0 Å². The molecule has 0 aliphatic carbocycles. The van der Waals surface area contributed by atoms with Gasteiger partial charge in [0.05, 0.1) is 11.0 Å². The standard InChI is InChI=1S/C11H8O2/c1-11(2)7-13-9-6-4-3-5-8(9)10(11)12/h1-6H,7H2. The van der Waals surface area contributed by atoms with Crippen molar-refractivity contribution < 1.29 is 9.53 Å². The zero-order valence-corrected chi connectivity index (χ0v) is 6.99. The normalized spacial score (nSPS) is 19.1. The van der Waals surface area contributed by atoms with E-state index in [-0.39, 0.29) is 12.4 Å². The number of Topliss-reactive ketones (excluding diaryl/α,β-unsaturated/α-hetero) is 1. The second-order valence-electron chi connectivity index (χ2n) is 3.15. The van der Waals surface area contributed by atoms with Crippen LogP contribution in [-0.4, -0.2) is 12.4 Å². The van der Waals surface area contributed by atoms with Crippen LogP contribution in [0.15, 0.2) is 24.3 Å². The second-order valence-corrected chi connectivity index (χ2v) is 3.15. The molecule has 0 fully saturated rings. The molecule has 1 aliphatic heterocycles. The van der Waals surface area contributed by atoms with Crippen molar-refractivity contribution in [2.75, 3.05) is 6.61 Å². The van der Waals surface area contributed by atoms with Gasteiger partial charge in [-0.25, -0.2) is 0 Å². The molecule has 0 unspecified atom stereocenters. The largest absolute Gasteiger partial charge is 0.492 e. The summed E-state index contributed by atoms with van der Waals surface area (Å²) >= 11 is 0. The summed E-state index contributed by atoms with van der Waals surface area (Å²) in [4.78, 5) is 11.6. The van der Waals surface area contributed by atoms with Crippen LogP contribution in [-0.2, 0) is 0 Å². The molecule has 1 heterocycles. The van der Waals surface area contributed by atoms with E-state index in [1.807, 2.05) is 0 Å². The third-order valence-corrected chi connectivity index (χ3v) is 2.02. The highest BCUT2D eigenvalue weighted by Gasteiger charge is 2.36. The summed E-state index contributed by atoms with van der Waals surface area (Å²) in [6.07, 6.45) is 0. The van der Waals surface area contributed by atoms with Crippen LogP contribution < -0.4 is 4.74 Å². The number of para-hydroxylation sites is 1. The van der Waals surface area contributed by atoms with E-state index in [2.05, 4.69) is 0 Å². The maximum absolute atomic E-state index is 11.6. The topological polar surface area (TPSA) is 26.3 Å². The molecule has 0 spiro atoms. The maximum Gasteiger partial charge on any atom is 0.176 e. The summed E-state index contributed by atoms with van der Waals surface area (Å²) in [5.74, 6) is 0.286. The van der Waals surface area contributed by atoms with Crippen molar-refractivity contribution in [3.63, 3.8) is 0 Å². The van der Waals surface area contributed by atoms with Crippen LogP contribution in [0.1, 0.15) is 10.4 Å². The Labute approximate surface area is 77.5 Å². The van der Waals surface area contributed by atoms with Gasteiger partial charge in [-0.15, -0.1) is 0 Å². The fourth-order valence-electron chi connectivity index (χ4n) is 1.29. The van der Waals surface area contributed by atoms with E-state index < -0.39 is 5.41 Å². The predicted molar refractivity (Wildman–Crippen MR) is 47.3 cm³/mol. The van der Waals surface area contributed by atoms with Gasteiger partial charge in [0.25, 0.3) is 0 Å². The highest BCUT2D eigenvalue weighted by Crippen LogP contribution is 2.32. The number of rotatable bonds is 0. The molecule has 1 aromatic carbocycles. The quantitative estimate of drug-likeness (QED) is 0.595. The lowest BCUT2D eigenvalue weighted by Crippen LogP contribution is -2.36. The molecule has 2 heteroatoms. The number of ether oxygens (including phenoxy) is 1. The first kappa shape index (κ1) is 8.30. The third-order valence-electron chi connectivity index (χ3n) is 2.02. The number of carbonyl (C=O) groups is 1. The summed E-state index contributed by atoms with van der Waals surface area (Å²) in [6.45, 7) is 11.1. The first-order valence-corrected chi connectivity index (χ1v) is 3.96. The van der Waals surface area contributed by atoms with Gasteiger partial charge in [-0.05, 0) is 26.0 Å². The summed E-state index contributed by atoms with van der Waals surface area (Å²) < 4.78 is 5.24. The zero-order valence-electron chi connectivity index (χ0n) is 6.99. The van der Waals surface area contributed by atoms with E-state index in [9.17, 15) is 4.79 Å². The highest BCUT2D eigenvalue weighted by molar-refractivity contribution is 6.04. The SMILES string of the molecule is [CH]C1([CH])COc2ccccc2C1=O. The summed E-state index contributed by atoms with van der Waals surface area (Å²) in [7, 11) is 0. The maximum atomic E-state index is 11.6. The Bertz CT molecular complexity index is 353. The molecule has 0 bridgehead atoms. The van der Waals surface area contributed by atoms with Crippen LogP contribution in [0.2, 0.25) is 0 Å². The number of hydrogen-bond acceptors (Lipinski definition) is 2. The van der Waals surface area contributed by atoms with Crippen molar-refractivity contribution in [1.82, 2.24) is 0 Å². The number of benzene rings is 1. The average molecular weight is 172 g/mol. The molecule has 1 aliphatic rings. The average Bonchev–Trinajstić information content (AvgIpc) is 2.13. The Kier molecular flexibility index (Phi) is 1.65. The molecular formula is C11H8O2. The molecule has 0 saturated heterocycles. The number of ketones is 1. The van der Waals surface area contributed by atoms with Crippen molar-refractivity contribution in [1.29, 1.82) is 0 Å². The second kappa shape index (κ2) is 2.59. The Morgan fingerprint density at radius 2 is 2.00 bits per heavy atom. The minimum absolute atomic E-state index is 0.0306. The molecule has 0 aromatic heterocycles. The van der Waals surface area contributed by atoms with E-state index in [0.717, 1.165) is 0 Å². The smallest absolute Gasteiger partial charge is 0.176 e. The molecule has 2 nitrogen and oxygen atoms in total. The summed E-state index contributed by atoms with van der Waals surface area (Å²) in [5.41, 5.74) is -0.923. The van der Waals surface area contributed by atoms with Gasteiger partial charge in [-0.3, -0.25) is 4.79 Å². The van der Waals surface area contributed by atoms with E-state index in [1.54, 1.807) is 24.3 Å². The van der Waals surface area contributed by atoms with Crippen LogP contribution in [0.5, 0.6) is 5.75 Å². The number of carbonyl (C=O) groups excluding carboxylic acids is 1. The lowest BCUT2D eigenvalue weighted by Gasteiger charge is -2.28. The molecule has 1 aromatic rings. The van der Waals surface area contributed by atoms with Gasteiger partial charge < -0.3 is 4.74 Å². The van der Waals surface area contributed by atoms with E-state index >= 15 is 0 Å². The molecule has 0 amide bonds. The Morgan fingerprint density at radius 1 is 1.31 bits per heavy atom. The minimum Gasteiger partial charge on any atom is -0.492 e. The molecule has 0 saturated carbocycles. The molecular weight excluding hydrogens is 164 g/mol. The first-order valence-electron chi connectivity index (χ1n) is 3.96. The van der Waals surface area contributed by atoms with Gasteiger partial charge >= 0.3 is 0 Å². The van der Waals surface area contributed by atoms with Gasteiger partial charge in [0.15, 0.2) is 5.78 Å². The Morgan fingerprint density at radius 3 is 2.77 bits per heavy atom. The molecule has 0 N–H and O–H groups in total. The molecule has 4 radical (unpaired) electrons. The fraction of sp³-hybridized carbons (Fsp3) is 0.182. The molecule has 13 heavy (non-hydrogen) atoms. The van der Waals surface area contributed by atoms with Gasteiger partial charge in [-0.1, -0.05) is 12.1 Å². The van der Waals surface area contributed by atoms with Gasteiger partial charge in [0.1, 0.15) is 12.4 Å². The van der Waals surface area contributed by atoms with E-state index in [0.29, 0.717) is 11.3 Å². The van der Waals surface area contributed by atoms with Crippen LogP contribution in [0.4, 0.5) is 0 Å². The molecule has 2 rings (SSSR count). The Balaban J connectivity index is 2.52. The van der Waals surface area contributed by atoms with E-state index in [4.69, 9.17) is 18.6 Å². The van der Waals surface area contributed by atoms with Crippen molar-refractivity contribution in [2.24, 2.45) is 5.41 Å². The van der Waals surface area contributed by atoms with Crippen molar-refractivity contribution in [2.45, 2.75) is 0 Å². The van der Waals surface area contributed by atoms with Crippen LogP contribution >= 0.6 is 0 Å². The van der Waals surface area contributed by atoms with Gasteiger partial charge in [-0.2, -0.15) is 0 Å². The molecule has 64 valence electrons. The third kappa shape index (κ3) is 1.22. The number of hydrogen-bond donors (Lipinski definition) is 0. The Hall–Kier alpha value is -1.31. The summed E-state index contributed by atoms with van der Waals surface area (Å²) in [5, 5.41) is 0. The first-order chi connectivity index (χ1) is 6.11. The zero-order chi connectivity index (χ0) is 9.47. The van der Waals surface area contributed by atoms with Gasteiger partial charge in [0, 0.05) is 0 Å². The predicted octanol–water partition coefficient (Wildman–Crippen LogP) is 1.67. The van der Waals surface area contributed by atoms with Crippen LogP contribution in [0, 0.1) is 19.3 Å². The van der Waals surface area contributed by atoms with Crippen LogP contribution in [0.3, 0.4) is 0 Å². The van der Waals surface area contributed by atoms with Gasteiger partial charge in [0.2, 0.25) is 0 Å². The summed E-state index contributed by atoms with van der Waals surface area (Å²) in [6, 6.07) is 6.93. The van der Waals surface area contributed by atoms with Crippen molar-refractivity contribution in [3.05, 3.63) is 43.7 Å². The lowest BCUT2D eigenvalue weighted by atomic mass is 9.83. The van der Waals surface area contributed by atoms with Crippen molar-refractivity contribution >= 4 is 5.78 Å². The van der Waals surface area contributed by atoms with Crippen molar-refractivity contribution in [3.8, 4) is 5.75 Å². The lowest BCUT2D eigenvalue weighted by molar-refractivity contribution is 0.0781. The monoisotopic (exact) mass is 172 g/mol. The minimum atomic E-state index is -1.38. The molecule has 0 atom stereocenters.